The summed E-state index contributed by atoms with van der Waals surface area (Å²) in [4.78, 5) is 19.5. The molecule has 1 heterocycles. The molecule has 2 rings (SSSR count). The van der Waals surface area contributed by atoms with Crippen LogP contribution < -0.4 is 11.4 Å². The molecule has 5 heteroatoms. The van der Waals surface area contributed by atoms with Crippen molar-refractivity contribution in [3.63, 3.8) is 0 Å². The van der Waals surface area contributed by atoms with Crippen molar-refractivity contribution in [2.75, 3.05) is 5.73 Å². The van der Waals surface area contributed by atoms with Crippen LogP contribution in [0.1, 0.15) is 30.9 Å². The molecule has 0 unspecified atom stereocenters. The van der Waals surface area contributed by atoms with Gasteiger partial charge in [-0.2, -0.15) is 4.98 Å². The van der Waals surface area contributed by atoms with Crippen molar-refractivity contribution < 1.29 is 0 Å². The van der Waals surface area contributed by atoms with Gasteiger partial charge in [-0.1, -0.05) is 31.5 Å². The number of nitrogen functional groups attached to an aromatic ring is 1. The zero-order valence-corrected chi connectivity index (χ0v) is 11.3. The molecule has 0 saturated carbocycles. The molecule has 1 aromatic heterocycles. The Morgan fingerprint density at radius 3 is 2.84 bits per heavy atom. The maximum absolute atomic E-state index is 12.0. The third kappa shape index (κ3) is 2.81. The average Bonchev–Trinajstić information content (AvgIpc) is 2.37. The smallest absolute Gasteiger partial charge is 0.356 e. The number of anilines is 1. The van der Waals surface area contributed by atoms with E-state index in [2.05, 4.69) is 16.9 Å². The fraction of sp³-hybridized carbons (Fsp3) is 0.357. The molecule has 0 atom stereocenters. The third-order valence-electron chi connectivity index (χ3n) is 3.08. The zero-order chi connectivity index (χ0) is 13.8. The maximum atomic E-state index is 12.0. The topological polar surface area (TPSA) is 73.8 Å². The van der Waals surface area contributed by atoms with Gasteiger partial charge < -0.3 is 5.73 Å². The van der Waals surface area contributed by atoms with Crippen molar-refractivity contribution in [1.82, 2.24) is 14.5 Å². The molecule has 5 nitrogen and oxygen atoms in total. The fourth-order valence-corrected chi connectivity index (χ4v) is 2.13. The van der Waals surface area contributed by atoms with E-state index < -0.39 is 0 Å². The molecule has 0 aliphatic carbocycles. The van der Waals surface area contributed by atoms with Crippen molar-refractivity contribution in [3.05, 3.63) is 46.1 Å². The minimum absolute atomic E-state index is 0.00458. The summed E-state index contributed by atoms with van der Waals surface area (Å²) >= 11 is 0. The second-order valence-electron chi connectivity index (χ2n) is 4.55. The number of nitrogens with two attached hydrogens (primary N) is 1. The van der Waals surface area contributed by atoms with Gasteiger partial charge in [0, 0.05) is 0 Å². The molecule has 0 spiro atoms. The lowest BCUT2D eigenvalue weighted by Gasteiger charge is -2.13. The van der Waals surface area contributed by atoms with Crippen LogP contribution >= 0.6 is 0 Å². The molecule has 19 heavy (non-hydrogen) atoms. The Labute approximate surface area is 112 Å². The highest BCUT2D eigenvalue weighted by molar-refractivity contribution is 5.47. The van der Waals surface area contributed by atoms with Crippen molar-refractivity contribution in [3.8, 4) is 5.69 Å². The Morgan fingerprint density at radius 2 is 2.16 bits per heavy atom. The van der Waals surface area contributed by atoms with Crippen molar-refractivity contribution in [2.24, 2.45) is 0 Å². The van der Waals surface area contributed by atoms with Crippen LogP contribution in [0, 0.1) is 6.92 Å². The van der Waals surface area contributed by atoms with Crippen LogP contribution in [0.15, 0.2) is 29.3 Å². The summed E-state index contributed by atoms with van der Waals surface area (Å²) in [6, 6.07) is 6.03. The summed E-state index contributed by atoms with van der Waals surface area (Å²) in [5.41, 5.74) is 8.08. The Bertz CT molecular complexity index is 634. The van der Waals surface area contributed by atoms with E-state index in [1.165, 1.54) is 10.9 Å². The second-order valence-corrected chi connectivity index (χ2v) is 4.55. The van der Waals surface area contributed by atoms with E-state index in [0.29, 0.717) is 0 Å². The van der Waals surface area contributed by atoms with E-state index in [0.717, 1.165) is 36.1 Å². The van der Waals surface area contributed by atoms with Gasteiger partial charge in [0.2, 0.25) is 5.95 Å². The monoisotopic (exact) mass is 258 g/mol. The molecule has 0 bridgehead atoms. The molecule has 0 fully saturated rings. The lowest BCUT2D eigenvalue weighted by Crippen LogP contribution is -2.24. The number of aryl methyl sites for hydroxylation is 2. The average molecular weight is 258 g/mol. The highest BCUT2D eigenvalue weighted by atomic mass is 16.1. The SMILES string of the molecule is CCCCc1cccc(C)c1-n1cnc(N)nc1=O. The van der Waals surface area contributed by atoms with E-state index in [-0.39, 0.29) is 11.6 Å². The van der Waals surface area contributed by atoms with E-state index in [9.17, 15) is 4.79 Å². The van der Waals surface area contributed by atoms with Gasteiger partial charge in [0.25, 0.3) is 0 Å². The fourth-order valence-electron chi connectivity index (χ4n) is 2.13. The lowest BCUT2D eigenvalue weighted by atomic mass is 10.0. The summed E-state index contributed by atoms with van der Waals surface area (Å²) in [6.07, 6.45) is 4.58. The summed E-state index contributed by atoms with van der Waals surface area (Å²) in [5.74, 6) is 0.00458. The third-order valence-corrected chi connectivity index (χ3v) is 3.08. The van der Waals surface area contributed by atoms with Gasteiger partial charge >= 0.3 is 5.69 Å². The number of nitrogens with zero attached hydrogens (tertiary/aromatic N) is 3. The second kappa shape index (κ2) is 5.65. The van der Waals surface area contributed by atoms with Crippen LogP contribution in [0.4, 0.5) is 5.95 Å². The Morgan fingerprint density at radius 1 is 1.37 bits per heavy atom. The van der Waals surface area contributed by atoms with Gasteiger partial charge in [-0.15, -0.1) is 0 Å². The van der Waals surface area contributed by atoms with Crippen molar-refractivity contribution >= 4 is 5.95 Å². The van der Waals surface area contributed by atoms with Gasteiger partial charge in [0.15, 0.2) is 0 Å². The number of unbranched alkanes of at least 4 members (excludes halogenated alkanes) is 1. The molecule has 2 N–H and O–H groups in total. The number of rotatable bonds is 4. The summed E-state index contributed by atoms with van der Waals surface area (Å²) < 4.78 is 1.47. The first-order valence-electron chi connectivity index (χ1n) is 6.43. The van der Waals surface area contributed by atoms with Crippen molar-refractivity contribution in [2.45, 2.75) is 33.1 Å². The Hall–Kier alpha value is -2.17. The molecule has 0 aliphatic rings. The first-order chi connectivity index (χ1) is 9.13. The minimum Gasteiger partial charge on any atom is -0.368 e. The van der Waals surface area contributed by atoms with E-state index in [1.807, 2.05) is 25.1 Å². The van der Waals surface area contributed by atoms with Crippen LogP contribution in [0.3, 0.4) is 0 Å². The molecule has 100 valence electrons. The number of benzene rings is 1. The van der Waals surface area contributed by atoms with Crippen LogP contribution in [-0.4, -0.2) is 14.5 Å². The Kier molecular flexibility index (Phi) is 3.94. The number of hydrogen-bond acceptors (Lipinski definition) is 4. The maximum Gasteiger partial charge on any atom is 0.356 e. The van der Waals surface area contributed by atoms with Gasteiger partial charge in [-0.25, -0.2) is 9.78 Å². The first-order valence-corrected chi connectivity index (χ1v) is 6.43. The number of para-hydroxylation sites is 1. The van der Waals surface area contributed by atoms with Crippen LogP contribution in [-0.2, 0) is 6.42 Å². The molecule has 0 amide bonds. The first kappa shape index (κ1) is 13.3. The molecule has 1 aromatic carbocycles. The molecule has 2 aromatic rings. The van der Waals surface area contributed by atoms with E-state index in [4.69, 9.17) is 5.73 Å². The zero-order valence-electron chi connectivity index (χ0n) is 11.3. The minimum atomic E-state index is -0.389. The predicted octanol–water partition coefficient (Wildman–Crippen LogP) is 1.86. The number of hydrogen-bond donors (Lipinski definition) is 1. The highest BCUT2D eigenvalue weighted by Crippen LogP contribution is 2.19. The predicted molar refractivity (Wildman–Crippen MR) is 75.4 cm³/mol. The van der Waals surface area contributed by atoms with Crippen LogP contribution in [0.25, 0.3) is 5.69 Å². The molecule has 0 radical (unpaired) electrons. The largest absolute Gasteiger partial charge is 0.368 e. The van der Waals surface area contributed by atoms with Gasteiger partial charge in [-0.3, -0.25) is 4.57 Å². The lowest BCUT2D eigenvalue weighted by molar-refractivity contribution is 0.776. The van der Waals surface area contributed by atoms with Gasteiger partial charge in [0.05, 0.1) is 5.69 Å². The number of aromatic nitrogens is 3. The summed E-state index contributed by atoms with van der Waals surface area (Å²) in [6.45, 7) is 4.13. The van der Waals surface area contributed by atoms with Crippen molar-refractivity contribution in [1.29, 1.82) is 0 Å². The normalized spacial score (nSPS) is 10.6. The van der Waals surface area contributed by atoms with E-state index >= 15 is 0 Å². The quantitative estimate of drug-likeness (QED) is 0.908. The molecular weight excluding hydrogens is 240 g/mol. The van der Waals surface area contributed by atoms with Crippen LogP contribution in [0.2, 0.25) is 0 Å². The molecule has 0 saturated heterocycles. The standard InChI is InChI=1S/C14H18N4O/c1-3-4-7-11-8-5-6-10(2)12(11)18-9-16-13(15)17-14(18)19/h5-6,8-9H,3-4,7H2,1-2H3,(H2,15,17,19). The highest BCUT2D eigenvalue weighted by Gasteiger charge is 2.10. The van der Waals surface area contributed by atoms with Gasteiger partial charge in [0.1, 0.15) is 6.33 Å². The Balaban J connectivity index is 2.57. The summed E-state index contributed by atoms with van der Waals surface area (Å²) in [5, 5.41) is 0. The molecule has 0 aliphatic heterocycles. The van der Waals surface area contributed by atoms with Crippen LogP contribution in [0.5, 0.6) is 0 Å². The molecular formula is C14H18N4O. The van der Waals surface area contributed by atoms with Gasteiger partial charge in [-0.05, 0) is 30.9 Å². The summed E-state index contributed by atoms with van der Waals surface area (Å²) in [7, 11) is 0. The van der Waals surface area contributed by atoms with E-state index in [1.54, 1.807) is 0 Å².